The Morgan fingerprint density at radius 1 is 1.09 bits per heavy atom. The van der Waals surface area contributed by atoms with Crippen molar-refractivity contribution in [1.29, 1.82) is 0 Å². The number of alkyl halides is 3. The molecule has 1 N–H and O–H groups in total. The molecule has 0 aromatic carbocycles. The summed E-state index contributed by atoms with van der Waals surface area (Å²) in [6, 6.07) is 4.86. The summed E-state index contributed by atoms with van der Waals surface area (Å²) in [4.78, 5) is 19.8. The van der Waals surface area contributed by atoms with E-state index in [0.717, 1.165) is 11.1 Å². The molecule has 10 heteroatoms. The summed E-state index contributed by atoms with van der Waals surface area (Å²) >= 11 is 0. The van der Waals surface area contributed by atoms with Crippen LogP contribution in [0.3, 0.4) is 0 Å². The van der Waals surface area contributed by atoms with E-state index in [1.165, 1.54) is 12.3 Å². The Morgan fingerprint density at radius 2 is 1.80 bits per heavy atom. The Hall–Kier alpha value is -3.69. The van der Waals surface area contributed by atoms with Crippen LogP contribution >= 0.6 is 0 Å². The van der Waals surface area contributed by atoms with Crippen LogP contribution in [0.5, 0.6) is 0 Å². The van der Waals surface area contributed by atoms with Crippen molar-refractivity contribution in [2.75, 3.05) is 0 Å². The SMILES string of the molecule is Cc1noc(C)c1-c1cnc2c(-c3ccc(C(=O)O)nc3)cn(CC3(F)CCC(F)(F)CC3)c2c1. The fourth-order valence-electron chi connectivity index (χ4n) is 4.75. The van der Waals surface area contributed by atoms with E-state index in [2.05, 4.69) is 15.1 Å². The standard InChI is InChI=1S/C25H23F3N4O3/c1-14-21(15(2)35-31-14)17-9-20-22(30-11-17)18(16-3-4-19(23(33)34)29-10-16)12-32(20)13-24(26)5-7-25(27,28)8-6-24/h3-4,9-12H,5-8,13H2,1-2H3,(H,33,34). The predicted molar refractivity (Wildman–Crippen MR) is 122 cm³/mol. The smallest absolute Gasteiger partial charge is 0.354 e. The predicted octanol–water partition coefficient (Wildman–Crippen LogP) is 5.99. The molecule has 35 heavy (non-hydrogen) atoms. The number of pyridine rings is 2. The Labute approximate surface area is 198 Å². The average molecular weight is 484 g/mol. The summed E-state index contributed by atoms with van der Waals surface area (Å²) in [7, 11) is 0. The maximum absolute atomic E-state index is 15.7. The highest BCUT2D eigenvalue weighted by Crippen LogP contribution is 2.43. The van der Waals surface area contributed by atoms with Crippen molar-refractivity contribution in [3.8, 4) is 22.3 Å². The zero-order valence-electron chi connectivity index (χ0n) is 19.2. The van der Waals surface area contributed by atoms with E-state index in [9.17, 15) is 13.6 Å². The fourth-order valence-corrected chi connectivity index (χ4v) is 4.75. The van der Waals surface area contributed by atoms with Crippen molar-refractivity contribution in [3.05, 3.63) is 53.9 Å². The molecule has 5 rings (SSSR count). The maximum Gasteiger partial charge on any atom is 0.354 e. The van der Waals surface area contributed by atoms with E-state index in [0.29, 0.717) is 33.6 Å². The molecule has 4 heterocycles. The molecular weight excluding hydrogens is 461 g/mol. The topological polar surface area (TPSA) is 94.0 Å². The lowest BCUT2D eigenvalue weighted by molar-refractivity contribution is -0.0791. The summed E-state index contributed by atoms with van der Waals surface area (Å²) < 4.78 is 50.1. The van der Waals surface area contributed by atoms with Gasteiger partial charge in [-0.2, -0.15) is 0 Å². The van der Waals surface area contributed by atoms with Crippen LogP contribution in [0.25, 0.3) is 33.3 Å². The summed E-state index contributed by atoms with van der Waals surface area (Å²) in [5.74, 6) is -3.36. The van der Waals surface area contributed by atoms with Crippen LogP contribution in [0, 0.1) is 13.8 Å². The zero-order chi connectivity index (χ0) is 25.0. The van der Waals surface area contributed by atoms with Gasteiger partial charge in [0.1, 0.15) is 17.1 Å². The quantitative estimate of drug-likeness (QED) is 0.374. The molecule has 4 aromatic rings. The number of rotatable bonds is 5. The van der Waals surface area contributed by atoms with Gasteiger partial charge in [0.15, 0.2) is 0 Å². The largest absolute Gasteiger partial charge is 0.477 e. The van der Waals surface area contributed by atoms with Crippen LogP contribution in [0.4, 0.5) is 13.2 Å². The first-order valence-corrected chi connectivity index (χ1v) is 11.2. The van der Waals surface area contributed by atoms with Gasteiger partial charge in [-0.15, -0.1) is 0 Å². The van der Waals surface area contributed by atoms with Gasteiger partial charge in [0.2, 0.25) is 5.92 Å². The molecule has 4 aromatic heterocycles. The minimum atomic E-state index is -2.84. The van der Waals surface area contributed by atoms with Gasteiger partial charge >= 0.3 is 5.97 Å². The van der Waals surface area contributed by atoms with E-state index in [1.54, 1.807) is 30.0 Å². The molecule has 0 amide bonds. The summed E-state index contributed by atoms with van der Waals surface area (Å²) in [5.41, 5.74) is 2.76. The number of halogens is 3. The second kappa shape index (κ2) is 8.21. The minimum absolute atomic E-state index is 0.100. The average Bonchev–Trinajstić information content (AvgIpc) is 3.35. The molecule has 1 aliphatic carbocycles. The van der Waals surface area contributed by atoms with Crippen molar-refractivity contribution in [2.45, 2.75) is 57.7 Å². The first-order valence-electron chi connectivity index (χ1n) is 11.2. The van der Waals surface area contributed by atoms with E-state index < -0.39 is 30.4 Å². The summed E-state index contributed by atoms with van der Waals surface area (Å²) in [6.45, 7) is 3.50. The molecule has 0 spiro atoms. The molecule has 0 saturated heterocycles. The molecule has 0 bridgehead atoms. The monoisotopic (exact) mass is 484 g/mol. The molecule has 1 aliphatic rings. The second-order valence-corrected chi connectivity index (χ2v) is 9.21. The molecule has 182 valence electrons. The van der Waals surface area contributed by atoms with Gasteiger partial charge in [0.25, 0.3) is 0 Å². The third kappa shape index (κ3) is 4.28. The van der Waals surface area contributed by atoms with E-state index in [4.69, 9.17) is 9.63 Å². The molecule has 0 atom stereocenters. The normalized spacial score (nSPS) is 17.1. The molecular formula is C25H23F3N4O3. The molecule has 0 aliphatic heterocycles. The first kappa shape index (κ1) is 23.1. The van der Waals surface area contributed by atoms with Gasteiger partial charge in [-0.1, -0.05) is 11.2 Å². The van der Waals surface area contributed by atoms with E-state index in [-0.39, 0.29) is 25.1 Å². The maximum atomic E-state index is 15.7. The van der Waals surface area contributed by atoms with Gasteiger partial charge in [0.05, 0.1) is 23.3 Å². The highest BCUT2D eigenvalue weighted by atomic mass is 19.3. The summed E-state index contributed by atoms with van der Waals surface area (Å²) in [5, 5.41) is 13.1. The Balaban J connectivity index is 1.62. The third-order valence-corrected chi connectivity index (χ3v) is 6.66. The lowest BCUT2D eigenvalue weighted by atomic mass is 9.84. The first-order chi connectivity index (χ1) is 16.6. The Morgan fingerprint density at radius 3 is 2.40 bits per heavy atom. The number of hydrogen-bond acceptors (Lipinski definition) is 5. The number of hydrogen-bond donors (Lipinski definition) is 1. The number of carboxylic acids is 1. The molecule has 7 nitrogen and oxygen atoms in total. The summed E-state index contributed by atoms with van der Waals surface area (Å²) in [6.07, 6.45) is 3.38. The third-order valence-electron chi connectivity index (χ3n) is 6.66. The lowest BCUT2D eigenvalue weighted by Gasteiger charge is -2.34. The van der Waals surface area contributed by atoms with Gasteiger partial charge in [-0.25, -0.2) is 22.9 Å². The van der Waals surface area contributed by atoms with Gasteiger partial charge in [-0.3, -0.25) is 4.98 Å². The molecule has 0 radical (unpaired) electrons. The van der Waals surface area contributed by atoms with Gasteiger partial charge < -0.3 is 14.2 Å². The van der Waals surface area contributed by atoms with Crippen molar-refractivity contribution in [3.63, 3.8) is 0 Å². The highest BCUT2D eigenvalue weighted by Gasteiger charge is 2.44. The van der Waals surface area contributed by atoms with Crippen LogP contribution in [0.2, 0.25) is 0 Å². The zero-order valence-corrected chi connectivity index (χ0v) is 19.2. The molecule has 0 unspecified atom stereocenters. The number of aromatic nitrogens is 4. The Bertz CT molecular complexity index is 1400. The van der Waals surface area contributed by atoms with E-state index >= 15 is 4.39 Å². The van der Waals surface area contributed by atoms with Crippen LogP contribution in [0.15, 0.2) is 41.3 Å². The highest BCUT2D eigenvalue weighted by molar-refractivity contribution is 5.95. The van der Waals surface area contributed by atoms with Crippen LogP contribution in [-0.2, 0) is 6.54 Å². The Kier molecular flexibility index (Phi) is 5.41. The second-order valence-electron chi connectivity index (χ2n) is 9.21. The fraction of sp³-hybridized carbons (Fsp3) is 0.360. The van der Waals surface area contributed by atoms with Crippen LogP contribution in [0.1, 0.15) is 47.6 Å². The van der Waals surface area contributed by atoms with Crippen molar-refractivity contribution in [2.24, 2.45) is 0 Å². The number of nitrogens with zero attached hydrogens (tertiary/aromatic N) is 4. The number of carbonyl (C=O) groups is 1. The van der Waals surface area contributed by atoms with Crippen molar-refractivity contribution < 1.29 is 27.6 Å². The minimum Gasteiger partial charge on any atom is -0.477 e. The number of aryl methyl sites for hydroxylation is 2. The number of fused-ring (bicyclic) bond motifs is 1. The van der Waals surface area contributed by atoms with Crippen LogP contribution in [-0.4, -0.2) is 42.4 Å². The molecule has 1 fully saturated rings. The number of aromatic carboxylic acids is 1. The van der Waals surface area contributed by atoms with Crippen LogP contribution < -0.4 is 0 Å². The number of carboxylic acid groups (broad SMARTS) is 1. The van der Waals surface area contributed by atoms with Crippen molar-refractivity contribution in [1.82, 2.24) is 19.7 Å². The lowest BCUT2D eigenvalue weighted by Crippen LogP contribution is -2.38. The van der Waals surface area contributed by atoms with Crippen molar-refractivity contribution >= 4 is 17.0 Å². The molecule has 1 saturated carbocycles. The van der Waals surface area contributed by atoms with Gasteiger partial charge in [0, 0.05) is 53.7 Å². The van der Waals surface area contributed by atoms with E-state index in [1.807, 2.05) is 13.0 Å². The van der Waals surface area contributed by atoms with Gasteiger partial charge in [-0.05, 0) is 38.8 Å².